The molecule has 0 atom stereocenters. The molecule has 1 fully saturated rings. The highest BCUT2D eigenvalue weighted by Gasteiger charge is 2.19. The van der Waals surface area contributed by atoms with Crippen LogP contribution in [0.25, 0.3) is 0 Å². The Balaban J connectivity index is 1.77. The zero-order chi connectivity index (χ0) is 17.4. The normalized spacial score (nSPS) is 16.1. The highest BCUT2D eigenvalue weighted by atomic mass is 16.5. The number of methoxy groups -OCH3 is 1. The number of benzene rings is 1. The van der Waals surface area contributed by atoms with Crippen LogP contribution >= 0.6 is 0 Å². The summed E-state index contributed by atoms with van der Waals surface area (Å²) in [5.41, 5.74) is 2.50. The van der Waals surface area contributed by atoms with Crippen LogP contribution in [0.4, 0.5) is 0 Å². The highest BCUT2D eigenvalue weighted by molar-refractivity contribution is 5.77. The van der Waals surface area contributed by atoms with Crippen LogP contribution in [0.1, 0.15) is 30.9 Å². The Kier molecular flexibility index (Phi) is 7.53. The monoisotopic (exact) mass is 333 g/mol. The van der Waals surface area contributed by atoms with Crippen molar-refractivity contribution in [2.24, 2.45) is 0 Å². The Labute approximate surface area is 146 Å². The number of hydrogen-bond acceptors (Lipinski definition) is 4. The SMILES string of the molecule is CCCCNC(=O)CN1CCN(Cc2cc(C)ccc2OC)CC1. The summed E-state index contributed by atoms with van der Waals surface area (Å²) < 4.78 is 5.47. The van der Waals surface area contributed by atoms with Gasteiger partial charge in [-0.1, -0.05) is 31.0 Å². The molecule has 5 nitrogen and oxygen atoms in total. The fraction of sp³-hybridized carbons (Fsp3) is 0.632. The quantitative estimate of drug-likeness (QED) is 0.740. The summed E-state index contributed by atoms with van der Waals surface area (Å²) in [6.45, 7) is 10.3. The van der Waals surface area contributed by atoms with E-state index in [1.165, 1.54) is 11.1 Å². The van der Waals surface area contributed by atoms with Crippen molar-refractivity contribution in [3.05, 3.63) is 29.3 Å². The third kappa shape index (κ3) is 5.80. The summed E-state index contributed by atoms with van der Waals surface area (Å²) >= 11 is 0. The van der Waals surface area contributed by atoms with Gasteiger partial charge in [-0.2, -0.15) is 0 Å². The average Bonchev–Trinajstić information content (AvgIpc) is 2.57. The van der Waals surface area contributed by atoms with Gasteiger partial charge in [0.25, 0.3) is 0 Å². The first kappa shape index (κ1) is 18.7. The number of piperazine rings is 1. The molecule has 24 heavy (non-hydrogen) atoms. The predicted molar refractivity (Wildman–Crippen MR) is 97.4 cm³/mol. The van der Waals surface area contributed by atoms with Gasteiger partial charge in [-0.15, -0.1) is 0 Å². The lowest BCUT2D eigenvalue weighted by Crippen LogP contribution is -2.49. The fourth-order valence-corrected chi connectivity index (χ4v) is 3.04. The first-order valence-corrected chi connectivity index (χ1v) is 8.97. The second-order valence-electron chi connectivity index (χ2n) is 6.57. The largest absolute Gasteiger partial charge is 0.496 e. The van der Waals surface area contributed by atoms with E-state index < -0.39 is 0 Å². The number of hydrogen-bond donors (Lipinski definition) is 1. The van der Waals surface area contributed by atoms with Crippen LogP contribution in [-0.4, -0.2) is 62.1 Å². The van der Waals surface area contributed by atoms with E-state index >= 15 is 0 Å². The topological polar surface area (TPSA) is 44.8 Å². The Morgan fingerprint density at radius 2 is 1.92 bits per heavy atom. The van der Waals surface area contributed by atoms with Crippen LogP contribution in [0.2, 0.25) is 0 Å². The highest BCUT2D eigenvalue weighted by Crippen LogP contribution is 2.21. The number of carbonyl (C=O) groups excluding carboxylic acids is 1. The third-order valence-electron chi connectivity index (χ3n) is 4.51. The third-order valence-corrected chi connectivity index (χ3v) is 4.51. The second-order valence-corrected chi connectivity index (χ2v) is 6.57. The van der Waals surface area contributed by atoms with E-state index in [1.807, 2.05) is 6.07 Å². The summed E-state index contributed by atoms with van der Waals surface area (Å²) in [5.74, 6) is 1.11. The van der Waals surface area contributed by atoms with Crippen molar-refractivity contribution in [1.82, 2.24) is 15.1 Å². The predicted octanol–water partition coefficient (Wildman–Crippen LogP) is 2.04. The van der Waals surface area contributed by atoms with E-state index in [9.17, 15) is 4.79 Å². The van der Waals surface area contributed by atoms with E-state index in [0.29, 0.717) is 6.54 Å². The number of rotatable bonds is 8. The molecule has 1 heterocycles. The standard InChI is InChI=1S/C19H31N3O2/c1-4-5-8-20-19(23)15-22-11-9-21(10-12-22)14-17-13-16(2)6-7-18(17)24-3/h6-7,13H,4-5,8-12,14-15H2,1-3H3,(H,20,23). The van der Waals surface area contributed by atoms with Gasteiger partial charge in [0.2, 0.25) is 5.91 Å². The molecule has 1 aliphatic rings. The lowest BCUT2D eigenvalue weighted by molar-refractivity contribution is -0.122. The van der Waals surface area contributed by atoms with Crippen molar-refractivity contribution < 1.29 is 9.53 Å². The zero-order valence-corrected chi connectivity index (χ0v) is 15.3. The van der Waals surface area contributed by atoms with Gasteiger partial charge in [0.05, 0.1) is 13.7 Å². The molecule has 134 valence electrons. The molecule has 1 saturated heterocycles. The molecule has 0 saturated carbocycles. The molecule has 0 aliphatic carbocycles. The van der Waals surface area contributed by atoms with Crippen molar-refractivity contribution in [1.29, 1.82) is 0 Å². The van der Waals surface area contributed by atoms with Crippen molar-refractivity contribution >= 4 is 5.91 Å². The maximum Gasteiger partial charge on any atom is 0.234 e. The van der Waals surface area contributed by atoms with Crippen molar-refractivity contribution in [2.45, 2.75) is 33.2 Å². The molecule has 1 amide bonds. The van der Waals surface area contributed by atoms with E-state index in [4.69, 9.17) is 4.74 Å². The zero-order valence-electron chi connectivity index (χ0n) is 15.3. The summed E-state index contributed by atoms with van der Waals surface area (Å²) in [4.78, 5) is 16.6. The molecule has 0 aromatic heterocycles. The minimum absolute atomic E-state index is 0.150. The maximum absolute atomic E-state index is 11.9. The molecular weight excluding hydrogens is 302 g/mol. The van der Waals surface area contributed by atoms with Crippen LogP contribution in [0, 0.1) is 6.92 Å². The molecule has 5 heteroatoms. The van der Waals surface area contributed by atoms with Crippen LogP contribution < -0.4 is 10.1 Å². The van der Waals surface area contributed by atoms with Crippen LogP contribution in [0.3, 0.4) is 0 Å². The first-order chi connectivity index (χ1) is 11.6. The summed E-state index contributed by atoms with van der Waals surface area (Å²) in [6.07, 6.45) is 2.17. The number of aryl methyl sites for hydroxylation is 1. The Morgan fingerprint density at radius 1 is 1.21 bits per heavy atom. The van der Waals surface area contributed by atoms with Crippen LogP contribution in [0.15, 0.2) is 18.2 Å². The first-order valence-electron chi connectivity index (χ1n) is 8.97. The molecule has 1 aromatic carbocycles. The van der Waals surface area contributed by atoms with Gasteiger partial charge in [0.1, 0.15) is 5.75 Å². The van der Waals surface area contributed by atoms with E-state index in [-0.39, 0.29) is 5.91 Å². The van der Waals surface area contributed by atoms with Gasteiger partial charge in [0, 0.05) is 44.8 Å². The van der Waals surface area contributed by atoms with Gasteiger partial charge in [-0.05, 0) is 19.4 Å². The Morgan fingerprint density at radius 3 is 2.58 bits per heavy atom. The molecule has 0 spiro atoms. The number of nitrogens with zero attached hydrogens (tertiary/aromatic N) is 2. The molecule has 0 bridgehead atoms. The van der Waals surface area contributed by atoms with Crippen LogP contribution in [0.5, 0.6) is 5.75 Å². The van der Waals surface area contributed by atoms with E-state index in [0.717, 1.165) is 57.9 Å². The lowest BCUT2D eigenvalue weighted by Gasteiger charge is -2.34. The molecule has 1 N–H and O–H groups in total. The van der Waals surface area contributed by atoms with Gasteiger partial charge >= 0.3 is 0 Å². The number of unbranched alkanes of at least 4 members (excludes halogenated alkanes) is 1. The number of ether oxygens (including phenoxy) is 1. The van der Waals surface area contributed by atoms with Crippen molar-refractivity contribution in [3.63, 3.8) is 0 Å². The number of amides is 1. The number of nitrogens with one attached hydrogen (secondary N) is 1. The van der Waals surface area contributed by atoms with E-state index in [2.05, 4.69) is 41.1 Å². The minimum Gasteiger partial charge on any atom is -0.496 e. The summed E-state index contributed by atoms with van der Waals surface area (Å²) in [5, 5.41) is 2.99. The molecule has 0 radical (unpaired) electrons. The molecule has 0 unspecified atom stereocenters. The van der Waals surface area contributed by atoms with Gasteiger partial charge < -0.3 is 10.1 Å². The Bertz CT molecular complexity index is 525. The van der Waals surface area contributed by atoms with Gasteiger partial charge in [-0.3, -0.25) is 14.6 Å². The van der Waals surface area contributed by atoms with Gasteiger partial charge in [-0.25, -0.2) is 0 Å². The fourth-order valence-electron chi connectivity index (χ4n) is 3.04. The molecule has 2 rings (SSSR count). The average molecular weight is 333 g/mol. The molecule has 1 aromatic rings. The minimum atomic E-state index is 0.150. The molecule has 1 aliphatic heterocycles. The second kappa shape index (κ2) is 9.64. The van der Waals surface area contributed by atoms with Crippen molar-refractivity contribution in [3.8, 4) is 5.75 Å². The van der Waals surface area contributed by atoms with Crippen LogP contribution in [-0.2, 0) is 11.3 Å². The maximum atomic E-state index is 11.9. The lowest BCUT2D eigenvalue weighted by atomic mass is 10.1. The Hall–Kier alpha value is -1.59. The molecular formula is C19H31N3O2. The van der Waals surface area contributed by atoms with Gasteiger partial charge in [0.15, 0.2) is 0 Å². The summed E-state index contributed by atoms with van der Waals surface area (Å²) in [7, 11) is 1.73. The van der Waals surface area contributed by atoms with E-state index in [1.54, 1.807) is 7.11 Å². The van der Waals surface area contributed by atoms with Crippen molar-refractivity contribution in [2.75, 3.05) is 46.4 Å². The summed E-state index contributed by atoms with van der Waals surface area (Å²) in [6, 6.07) is 6.32. The number of carbonyl (C=O) groups is 1. The smallest absolute Gasteiger partial charge is 0.234 e.